The smallest absolute Gasteiger partial charge is 0.289 e. The predicted octanol–water partition coefficient (Wildman–Crippen LogP) is 0.485. The fraction of sp³-hybridized carbons (Fsp3) is 0.600. The minimum Gasteiger partial charge on any atom is -0.396 e. The highest BCUT2D eigenvalue weighted by molar-refractivity contribution is 5.91. The molecule has 1 saturated carbocycles. The van der Waals surface area contributed by atoms with E-state index in [2.05, 4.69) is 10.5 Å². The van der Waals surface area contributed by atoms with Crippen molar-refractivity contribution in [2.24, 2.45) is 5.41 Å². The van der Waals surface area contributed by atoms with E-state index >= 15 is 0 Å². The number of hydrogen-bond acceptors (Lipinski definition) is 4. The number of nitrogens with one attached hydrogen (secondary N) is 1. The first-order valence-electron chi connectivity index (χ1n) is 4.98. The van der Waals surface area contributed by atoms with Crippen molar-refractivity contribution in [2.45, 2.75) is 19.8 Å². The van der Waals surface area contributed by atoms with Gasteiger partial charge < -0.3 is 14.9 Å². The van der Waals surface area contributed by atoms with Gasteiger partial charge in [-0.05, 0) is 19.8 Å². The Morgan fingerprint density at radius 1 is 1.73 bits per heavy atom. The molecule has 2 N–H and O–H groups in total. The van der Waals surface area contributed by atoms with E-state index in [1.54, 1.807) is 13.0 Å². The van der Waals surface area contributed by atoms with E-state index in [0.29, 0.717) is 12.2 Å². The van der Waals surface area contributed by atoms with Gasteiger partial charge in [0.2, 0.25) is 5.76 Å². The minimum atomic E-state index is -0.268. The van der Waals surface area contributed by atoms with Gasteiger partial charge in [-0.1, -0.05) is 5.16 Å². The number of amides is 1. The lowest BCUT2D eigenvalue weighted by Gasteiger charge is -2.11. The summed E-state index contributed by atoms with van der Waals surface area (Å²) in [7, 11) is 0. The van der Waals surface area contributed by atoms with Gasteiger partial charge in [-0.25, -0.2) is 0 Å². The van der Waals surface area contributed by atoms with Gasteiger partial charge in [0.25, 0.3) is 5.91 Å². The number of aryl methyl sites for hydroxylation is 1. The third-order valence-corrected chi connectivity index (χ3v) is 2.77. The Morgan fingerprint density at radius 3 is 2.93 bits per heavy atom. The molecular formula is C10H14N2O3. The molecule has 0 saturated heterocycles. The fourth-order valence-electron chi connectivity index (χ4n) is 1.39. The summed E-state index contributed by atoms with van der Waals surface area (Å²) in [5, 5.41) is 15.4. The maximum absolute atomic E-state index is 11.5. The van der Waals surface area contributed by atoms with Crippen LogP contribution in [0.4, 0.5) is 0 Å². The van der Waals surface area contributed by atoms with Crippen LogP contribution >= 0.6 is 0 Å². The first kappa shape index (κ1) is 10.2. The molecule has 15 heavy (non-hydrogen) atoms. The second kappa shape index (κ2) is 3.66. The second-order valence-corrected chi connectivity index (χ2v) is 4.17. The first-order valence-corrected chi connectivity index (χ1v) is 4.98. The molecule has 1 aromatic heterocycles. The molecule has 1 fully saturated rings. The second-order valence-electron chi connectivity index (χ2n) is 4.17. The molecule has 5 nitrogen and oxygen atoms in total. The molecule has 82 valence electrons. The molecule has 0 spiro atoms. The summed E-state index contributed by atoms with van der Waals surface area (Å²) in [4.78, 5) is 11.5. The molecule has 1 aliphatic carbocycles. The van der Waals surface area contributed by atoms with Crippen LogP contribution in [0, 0.1) is 12.3 Å². The van der Waals surface area contributed by atoms with Crippen molar-refractivity contribution in [3.8, 4) is 0 Å². The molecule has 1 heterocycles. The van der Waals surface area contributed by atoms with E-state index in [9.17, 15) is 4.79 Å². The Morgan fingerprint density at radius 2 is 2.47 bits per heavy atom. The molecule has 0 bridgehead atoms. The van der Waals surface area contributed by atoms with Crippen LogP contribution in [0.5, 0.6) is 0 Å². The van der Waals surface area contributed by atoms with E-state index in [4.69, 9.17) is 9.63 Å². The molecule has 0 atom stereocenters. The number of carbonyl (C=O) groups is 1. The number of hydrogen-bond donors (Lipinski definition) is 2. The highest BCUT2D eigenvalue weighted by Gasteiger charge is 2.42. The zero-order valence-electron chi connectivity index (χ0n) is 8.62. The normalized spacial score (nSPS) is 17.5. The number of aliphatic hydroxyl groups is 1. The summed E-state index contributed by atoms with van der Waals surface area (Å²) >= 11 is 0. The standard InChI is InChI=1S/C10H14N2O3/c1-7-4-8(15-12-7)9(14)11-5-10(6-13)2-3-10/h4,13H,2-3,5-6H2,1H3,(H,11,14). The minimum absolute atomic E-state index is 0.0786. The average molecular weight is 210 g/mol. The molecule has 1 amide bonds. The number of aliphatic hydroxyl groups excluding tert-OH is 1. The Kier molecular flexibility index (Phi) is 2.48. The van der Waals surface area contributed by atoms with Crippen LogP contribution < -0.4 is 5.32 Å². The predicted molar refractivity (Wildman–Crippen MR) is 52.3 cm³/mol. The van der Waals surface area contributed by atoms with Gasteiger partial charge in [-0.3, -0.25) is 4.79 Å². The monoisotopic (exact) mass is 210 g/mol. The van der Waals surface area contributed by atoms with Gasteiger partial charge in [-0.2, -0.15) is 0 Å². The van der Waals surface area contributed by atoms with Gasteiger partial charge >= 0.3 is 0 Å². The van der Waals surface area contributed by atoms with Gasteiger partial charge in [-0.15, -0.1) is 0 Å². The summed E-state index contributed by atoms with van der Waals surface area (Å²) in [6.07, 6.45) is 1.94. The lowest BCUT2D eigenvalue weighted by Crippen LogP contribution is -2.31. The summed E-state index contributed by atoms with van der Waals surface area (Å²) in [6, 6.07) is 1.59. The van der Waals surface area contributed by atoms with Gasteiger partial charge in [0.1, 0.15) is 0 Å². The Hall–Kier alpha value is -1.36. The van der Waals surface area contributed by atoms with Crippen LogP contribution in [0.25, 0.3) is 0 Å². The zero-order chi connectivity index (χ0) is 10.9. The molecule has 0 unspecified atom stereocenters. The van der Waals surface area contributed by atoms with Crippen LogP contribution in [-0.2, 0) is 0 Å². The molecule has 2 rings (SSSR count). The van der Waals surface area contributed by atoms with Gasteiger partial charge in [0.05, 0.1) is 12.3 Å². The van der Waals surface area contributed by atoms with Crippen LogP contribution in [0.3, 0.4) is 0 Å². The molecule has 1 aromatic rings. The third kappa shape index (κ3) is 2.18. The highest BCUT2D eigenvalue weighted by atomic mass is 16.5. The maximum Gasteiger partial charge on any atom is 0.289 e. The van der Waals surface area contributed by atoms with Crippen molar-refractivity contribution in [3.63, 3.8) is 0 Å². The average Bonchev–Trinajstić information content (AvgIpc) is 2.90. The topological polar surface area (TPSA) is 75.4 Å². The van der Waals surface area contributed by atoms with E-state index in [1.165, 1.54) is 0 Å². The molecule has 1 aliphatic rings. The van der Waals surface area contributed by atoms with Crippen LogP contribution in [0.2, 0.25) is 0 Å². The number of rotatable bonds is 4. The van der Waals surface area contributed by atoms with Crippen molar-refractivity contribution >= 4 is 5.91 Å². The molecule has 0 radical (unpaired) electrons. The van der Waals surface area contributed by atoms with Gasteiger partial charge in [0.15, 0.2) is 0 Å². The van der Waals surface area contributed by atoms with Crippen molar-refractivity contribution in [1.29, 1.82) is 0 Å². The van der Waals surface area contributed by atoms with Crippen molar-refractivity contribution in [1.82, 2.24) is 10.5 Å². The highest BCUT2D eigenvalue weighted by Crippen LogP contribution is 2.44. The van der Waals surface area contributed by atoms with Gasteiger partial charge in [0, 0.05) is 18.0 Å². The first-order chi connectivity index (χ1) is 7.15. The van der Waals surface area contributed by atoms with Crippen LogP contribution in [0.1, 0.15) is 29.1 Å². The number of aromatic nitrogens is 1. The Labute approximate surface area is 87.5 Å². The maximum atomic E-state index is 11.5. The van der Waals surface area contributed by atoms with Crippen molar-refractivity contribution < 1.29 is 14.4 Å². The van der Waals surface area contributed by atoms with Crippen LogP contribution in [0.15, 0.2) is 10.6 Å². The van der Waals surface area contributed by atoms with Crippen LogP contribution in [-0.4, -0.2) is 29.3 Å². The summed E-state index contributed by atoms with van der Waals surface area (Å²) in [6.45, 7) is 2.39. The SMILES string of the molecule is Cc1cc(C(=O)NCC2(CO)CC2)on1. The summed E-state index contributed by atoms with van der Waals surface area (Å²) in [5.41, 5.74) is 0.605. The molecule has 0 aromatic carbocycles. The lowest BCUT2D eigenvalue weighted by atomic mass is 10.1. The van der Waals surface area contributed by atoms with E-state index in [1.807, 2.05) is 0 Å². The number of carbonyl (C=O) groups excluding carboxylic acids is 1. The van der Waals surface area contributed by atoms with Crippen molar-refractivity contribution in [3.05, 3.63) is 17.5 Å². The fourth-order valence-corrected chi connectivity index (χ4v) is 1.39. The molecular weight excluding hydrogens is 196 g/mol. The largest absolute Gasteiger partial charge is 0.396 e. The Bertz CT molecular complexity index is 368. The molecule has 5 heteroatoms. The summed E-state index contributed by atoms with van der Waals surface area (Å²) in [5.74, 6) is -0.0448. The lowest BCUT2D eigenvalue weighted by molar-refractivity contribution is 0.0898. The Balaban J connectivity index is 1.88. The zero-order valence-corrected chi connectivity index (χ0v) is 8.62. The van der Waals surface area contributed by atoms with E-state index in [0.717, 1.165) is 12.8 Å². The van der Waals surface area contributed by atoms with E-state index < -0.39 is 0 Å². The number of nitrogens with zero attached hydrogens (tertiary/aromatic N) is 1. The molecule has 0 aliphatic heterocycles. The quantitative estimate of drug-likeness (QED) is 0.758. The third-order valence-electron chi connectivity index (χ3n) is 2.77. The summed E-state index contributed by atoms with van der Waals surface area (Å²) < 4.78 is 4.82. The van der Waals surface area contributed by atoms with E-state index in [-0.39, 0.29) is 23.7 Å². The van der Waals surface area contributed by atoms with Crippen molar-refractivity contribution in [2.75, 3.05) is 13.2 Å².